The van der Waals surface area contributed by atoms with Gasteiger partial charge in [-0.05, 0) is 38.1 Å². The summed E-state index contributed by atoms with van der Waals surface area (Å²) in [6.07, 6.45) is -0.793. The molecule has 1 heterocycles. The highest BCUT2D eigenvalue weighted by atomic mass is 19.1. The van der Waals surface area contributed by atoms with Gasteiger partial charge in [-0.1, -0.05) is 0 Å². The van der Waals surface area contributed by atoms with Crippen LogP contribution in [0, 0.1) is 18.6 Å². The molecule has 1 aromatic heterocycles. The van der Waals surface area contributed by atoms with Crippen molar-refractivity contribution in [3.05, 3.63) is 58.9 Å². The molecule has 106 valence electrons. The van der Waals surface area contributed by atoms with Crippen molar-refractivity contribution in [2.24, 2.45) is 7.05 Å². The van der Waals surface area contributed by atoms with Crippen molar-refractivity contribution < 1.29 is 18.3 Å². The molecule has 0 saturated carbocycles. The van der Waals surface area contributed by atoms with Crippen LogP contribution in [0.3, 0.4) is 0 Å². The highest BCUT2D eigenvalue weighted by molar-refractivity contribution is 5.88. The van der Waals surface area contributed by atoms with E-state index in [1.807, 2.05) is 6.92 Å². The van der Waals surface area contributed by atoms with E-state index in [9.17, 15) is 13.6 Å². The summed E-state index contributed by atoms with van der Waals surface area (Å²) in [4.78, 5) is 12.0. The average Bonchev–Trinajstić information content (AvgIpc) is 2.69. The first-order valence-corrected chi connectivity index (χ1v) is 6.18. The van der Waals surface area contributed by atoms with Gasteiger partial charge in [0.2, 0.25) is 0 Å². The topological polar surface area (TPSA) is 31.2 Å². The van der Waals surface area contributed by atoms with Gasteiger partial charge >= 0.3 is 5.97 Å². The highest BCUT2D eigenvalue weighted by Crippen LogP contribution is 2.22. The van der Waals surface area contributed by atoms with Gasteiger partial charge in [0.05, 0.1) is 0 Å². The molecular weight excluding hydrogens is 264 g/mol. The minimum absolute atomic E-state index is 0.144. The third-order valence-electron chi connectivity index (χ3n) is 3.27. The number of ether oxygens (including phenoxy) is 1. The van der Waals surface area contributed by atoms with E-state index in [1.165, 1.54) is 6.07 Å². The molecule has 2 rings (SSSR count). The second-order valence-corrected chi connectivity index (χ2v) is 4.63. The number of aryl methyl sites for hydroxylation is 1. The SMILES string of the molecule is Cc1ccc(C(=O)OC(C)c2ccc(F)cc2F)n1C. The number of aromatic nitrogens is 1. The number of hydrogen-bond acceptors (Lipinski definition) is 2. The van der Waals surface area contributed by atoms with Gasteiger partial charge in [-0.2, -0.15) is 0 Å². The van der Waals surface area contributed by atoms with Crippen LogP contribution >= 0.6 is 0 Å². The third kappa shape index (κ3) is 2.71. The summed E-state index contributed by atoms with van der Waals surface area (Å²) in [6, 6.07) is 6.62. The van der Waals surface area contributed by atoms with Gasteiger partial charge in [0.1, 0.15) is 23.4 Å². The Morgan fingerprint density at radius 2 is 1.95 bits per heavy atom. The predicted molar refractivity (Wildman–Crippen MR) is 70.3 cm³/mol. The normalized spacial score (nSPS) is 12.2. The minimum atomic E-state index is -0.793. The van der Waals surface area contributed by atoms with Crippen LogP contribution in [0.1, 0.15) is 34.8 Å². The van der Waals surface area contributed by atoms with Crippen LogP contribution in [0.2, 0.25) is 0 Å². The van der Waals surface area contributed by atoms with E-state index in [0.29, 0.717) is 5.69 Å². The molecular formula is C15H15F2NO2. The lowest BCUT2D eigenvalue weighted by atomic mass is 10.1. The Morgan fingerprint density at radius 1 is 1.25 bits per heavy atom. The summed E-state index contributed by atoms with van der Waals surface area (Å²) >= 11 is 0. The number of halogens is 2. The molecule has 2 aromatic rings. The lowest BCUT2D eigenvalue weighted by molar-refractivity contribution is 0.0319. The first-order valence-electron chi connectivity index (χ1n) is 6.18. The fourth-order valence-electron chi connectivity index (χ4n) is 1.93. The van der Waals surface area contributed by atoms with Crippen molar-refractivity contribution in [3.63, 3.8) is 0 Å². The third-order valence-corrected chi connectivity index (χ3v) is 3.27. The van der Waals surface area contributed by atoms with E-state index >= 15 is 0 Å². The van der Waals surface area contributed by atoms with Gasteiger partial charge in [0, 0.05) is 24.4 Å². The van der Waals surface area contributed by atoms with Crippen LogP contribution in [-0.2, 0) is 11.8 Å². The Labute approximate surface area is 115 Å². The summed E-state index contributed by atoms with van der Waals surface area (Å²) in [7, 11) is 1.75. The lowest BCUT2D eigenvalue weighted by Gasteiger charge is -2.15. The van der Waals surface area contributed by atoms with Crippen LogP contribution in [0.4, 0.5) is 8.78 Å². The lowest BCUT2D eigenvalue weighted by Crippen LogP contribution is -2.14. The van der Waals surface area contributed by atoms with Gasteiger partial charge in [-0.25, -0.2) is 13.6 Å². The molecule has 0 aliphatic carbocycles. The molecule has 0 N–H and O–H groups in total. The largest absolute Gasteiger partial charge is 0.453 e. The number of hydrogen-bond donors (Lipinski definition) is 0. The Morgan fingerprint density at radius 3 is 2.50 bits per heavy atom. The maximum atomic E-state index is 13.6. The van der Waals surface area contributed by atoms with Crippen molar-refractivity contribution in [3.8, 4) is 0 Å². The molecule has 0 radical (unpaired) electrons. The van der Waals surface area contributed by atoms with Gasteiger partial charge in [-0.3, -0.25) is 0 Å². The highest BCUT2D eigenvalue weighted by Gasteiger charge is 2.19. The molecule has 0 aliphatic rings. The number of benzene rings is 1. The summed E-state index contributed by atoms with van der Waals surface area (Å²) in [6.45, 7) is 3.41. The van der Waals surface area contributed by atoms with E-state index < -0.39 is 23.7 Å². The van der Waals surface area contributed by atoms with Gasteiger partial charge in [0.15, 0.2) is 0 Å². The maximum absolute atomic E-state index is 13.6. The zero-order valence-corrected chi connectivity index (χ0v) is 11.5. The Balaban J connectivity index is 2.17. The average molecular weight is 279 g/mol. The molecule has 0 bridgehead atoms. The first kappa shape index (κ1) is 14.2. The fourth-order valence-corrected chi connectivity index (χ4v) is 1.93. The van der Waals surface area contributed by atoms with Crippen LogP contribution in [-0.4, -0.2) is 10.5 Å². The van der Waals surface area contributed by atoms with E-state index in [0.717, 1.165) is 17.8 Å². The summed E-state index contributed by atoms with van der Waals surface area (Å²) in [5.41, 5.74) is 1.44. The van der Waals surface area contributed by atoms with Gasteiger partial charge in [-0.15, -0.1) is 0 Å². The number of carbonyl (C=O) groups excluding carboxylic acids is 1. The zero-order chi connectivity index (χ0) is 14.9. The first-order chi connectivity index (χ1) is 9.40. The molecule has 0 aliphatic heterocycles. The zero-order valence-electron chi connectivity index (χ0n) is 11.5. The smallest absolute Gasteiger partial charge is 0.355 e. The molecule has 3 nitrogen and oxygen atoms in total. The minimum Gasteiger partial charge on any atom is -0.453 e. The second-order valence-electron chi connectivity index (χ2n) is 4.63. The molecule has 0 spiro atoms. The molecule has 0 saturated heterocycles. The molecule has 0 amide bonds. The van der Waals surface area contributed by atoms with Crippen molar-refractivity contribution in [2.45, 2.75) is 20.0 Å². The number of rotatable bonds is 3. The monoisotopic (exact) mass is 279 g/mol. The Bertz CT molecular complexity index is 649. The van der Waals surface area contributed by atoms with Crippen molar-refractivity contribution in [2.75, 3.05) is 0 Å². The molecule has 1 atom stereocenters. The summed E-state index contributed by atoms with van der Waals surface area (Å²) < 4.78 is 33.3. The van der Waals surface area contributed by atoms with Crippen LogP contribution in [0.5, 0.6) is 0 Å². The Hall–Kier alpha value is -2.17. The van der Waals surface area contributed by atoms with Crippen molar-refractivity contribution >= 4 is 5.97 Å². The van der Waals surface area contributed by atoms with E-state index in [4.69, 9.17) is 4.74 Å². The second kappa shape index (κ2) is 5.45. The van der Waals surface area contributed by atoms with E-state index in [2.05, 4.69) is 0 Å². The van der Waals surface area contributed by atoms with Crippen molar-refractivity contribution in [1.82, 2.24) is 4.57 Å². The molecule has 0 fully saturated rings. The van der Waals surface area contributed by atoms with Crippen LogP contribution in [0.15, 0.2) is 30.3 Å². The molecule has 20 heavy (non-hydrogen) atoms. The Kier molecular flexibility index (Phi) is 3.88. The molecule has 1 unspecified atom stereocenters. The molecule has 5 heteroatoms. The summed E-state index contributed by atoms with van der Waals surface area (Å²) in [5.74, 6) is -1.94. The fraction of sp³-hybridized carbons (Fsp3) is 0.267. The quantitative estimate of drug-likeness (QED) is 0.805. The van der Waals surface area contributed by atoms with Gasteiger partial charge in [0.25, 0.3) is 0 Å². The summed E-state index contributed by atoms with van der Waals surface area (Å²) in [5, 5.41) is 0. The number of nitrogens with zero attached hydrogens (tertiary/aromatic N) is 1. The van der Waals surface area contributed by atoms with E-state index in [1.54, 1.807) is 30.7 Å². The predicted octanol–water partition coefficient (Wildman–Crippen LogP) is 3.53. The van der Waals surface area contributed by atoms with Crippen LogP contribution < -0.4 is 0 Å². The van der Waals surface area contributed by atoms with E-state index in [-0.39, 0.29) is 5.56 Å². The van der Waals surface area contributed by atoms with Gasteiger partial charge < -0.3 is 9.30 Å². The molecule has 1 aromatic carbocycles. The van der Waals surface area contributed by atoms with Crippen LogP contribution in [0.25, 0.3) is 0 Å². The maximum Gasteiger partial charge on any atom is 0.355 e. The number of carbonyl (C=O) groups is 1. The van der Waals surface area contributed by atoms with Crippen molar-refractivity contribution in [1.29, 1.82) is 0 Å². The number of esters is 1. The standard InChI is InChI=1S/C15H15F2NO2/c1-9-4-7-14(18(9)3)15(19)20-10(2)12-6-5-11(16)8-13(12)17/h4-8,10H,1-3H3.